The van der Waals surface area contributed by atoms with E-state index in [1.54, 1.807) is 4.68 Å². The molecule has 100 valence electrons. The lowest BCUT2D eigenvalue weighted by molar-refractivity contribution is -0.134. The molecule has 0 aliphatic carbocycles. The number of rotatable bonds is 3. The fourth-order valence-electron chi connectivity index (χ4n) is 2.33. The average Bonchev–Trinajstić information content (AvgIpc) is 2.62. The van der Waals surface area contributed by atoms with Crippen molar-refractivity contribution in [2.75, 3.05) is 19.7 Å². The van der Waals surface area contributed by atoms with Crippen LogP contribution >= 0.6 is 0 Å². The van der Waals surface area contributed by atoms with E-state index in [0.29, 0.717) is 0 Å². The summed E-state index contributed by atoms with van der Waals surface area (Å²) >= 11 is 0. The van der Waals surface area contributed by atoms with E-state index in [9.17, 15) is 4.79 Å². The van der Waals surface area contributed by atoms with Crippen LogP contribution in [0.4, 0.5) is 0 Å². The number of aryl methyl sites for hydroxylation is 2. The molecule has 0 bridgehead atoms. The molecule has 1 aromatic rings. The lowest BCUT2D eigenvalue weighted by Gasteiger charge is -2.26. The third kappa shape index (κ3) is 2.66. The van der Waals surface area contributed by atoms with Crippen molar-refractivity contribution in [1.82, 2.24) is 14.7 Å². The van der Waals surface area contributed by atoms with Crippen LogP contribution in [0.5, 0.6) is 5.75 Å². The molecule has 0 radical (unpaired) electrons. The predicted octanol–water partition coefficient (Wildman–Crippen LogP) is 1.43. The molecule has 0 aromatic carbocycles. The summed E-state index contributed by atoms with van der Waals surface area (Å²) in [6, 6.07) is 0. The normalized spacial score (nSPS) is 15.8. The molecule has 0 N–H and O–H groups in total. The van der Waals surface area contributed by atoms with Crippen LogP contribution in [0.1, 0.15) is 30.7 Å². The van der Waals surface area contributed by atoms with Crippen molar-refractivity contribution in [3.8, 4) is 5.75 Å². The van der Waals surface area contributed by atoms with Gasteiger partial charge in [0.15, 0.2) is 12.4 Å². The highest BCUT2D eigenvalue weighted by Crippen LogP contribution is 2.21. The number of aromatic nitrogens is 2. The van der Waals surface area contributed by atoms with Crippen LogP contribution in [0, 0.1) is 13.8 Å². The first-order chi connectivity index (χ1) is 8.59. The maximum atomic E-state index is 12.0. The lowest BCUT2D eigenvalue weighted by atomic mass is 10.1. The Morgan fingerprint density at radius 1 is 1.28 bits per heavy atom. The monoisotopic (exact) mass is 251 g/mol. The third-order valence-electron chi connectivity index (χ3n) is 3.49. The Hall–Kier alpha value is -1.52. The van der Waals surface area contributed by atoms with Crippen molar-refractivity contribution in [1.29, 1.82) is 0 Å². The Kier molecular flexibility index (Phi) is 3.89. The van der Waals surface area contributed by atoms with Gasteiger partial charge in [-0.25, -0.2) is 0 Å². The minimum atomic E-state index is 0.0809. The molecule has 5 nitrogen and oxygen atoms in total. The Labute approximate surface area is 108 Å². The van der Waals surface area contributed by atoms with Gasteiger partial charge in [-0.15, -0.1) is 0 Å². The highest BCUT2D eigenvalue weighted by molar-refractivity contribution is 5.77. The summed E-state index contributed by atoms with van der Waals surface area (Å²) < 4.78 is 7.40. The van der Waals surface area contributed by atoms with Crippen molar-refractivity contribution < 1.29 is 9.53 Å². The number of ether oxygens (including phenoxy) is 1. The maximum absolute atomic E-state index is 12.0. The van der Waals surface area contributed by atoms with E-state index in [0.717, 1.165) is 43.1 Å². The molecule has 1 amide bonds. The van der Waals surface area contributed by atoms with Gasteiger partial charge < -0.3 is 9.64 Å². The Morgan fingerprint density at radius 3 is 2.50 bits per heavy atom. The molecule has 1 aliphatic heterocycles. The Balaban J connectivity index is 1.92. The molecule has 0 atom stereocenters. The number of likely N-dealkylation sites (tertiary alicyclic amines) is 1. The van der Waals surface area contributed by atoms with Gasteiger partial charge >= 0.3 is 0 Å². The number of piperidine rings is 1. The highest BCUT2D eigenvalue weighted by atomic mass is 16.5. The van der Waals surface area contributed by atoms with Gasteiger partial charge in [-0.3, -0.25) is 9.48 Å². The van der Waals surface area contributed by atoms with Gasteiger partial charge in [-0.2, -0.15) is 5.10 Å². The van der Waals surface area contributed by atoms with Gasteiger partial charge in [0.05, 0.1) is 5.69 Å². The van der Waals surface area contributed by atoms with Crippen LogP contribution in [-0.2, 0) is 11.8 Å². The number of hydrogen-bond acceptors (Lipinski definition) is 3. The zero-order chi connectivity index (χ0) is 13.1. The summed E-state index contributed by atoms with van der Waals surface area (Å²) in [4.78, 5) is 13.9. The molecular formula is C13H21N3O2. The summed E-state index contributed by atoms with van der Waals surface area (Å²) in [5.74, 6) is 0.820. The Bertz CT molecular complexity index is 434. The second-order valence-corrected chi connectivity index (χ2v) is 4.85. The average molecular weight is 251 g/mol. The van der Waals surface area contributed by atoms with Crippen LogP contribution in [0.15, 0.2) is 0 Å². The van der Waals surface area contributed by atoms with Gasteiger partial charge in [0.2, 0.25) is 0 Å². The van der Waals surface area contributed by atoms with Crippen molar-refractivity contribution in [3.63, 3.8) is 0 Å². The van der Waals surface area contributed by atoms with E-state index >= 15 is 0 Å². The quantitative estimate of drug-likeness (QED) is 0.816. The molecule has 1 aliphatic rings. The van der Waals surface area contributed by atoms with Crippen molar-refractivity contribution >= 4 is 5.91 Å². The second-order valence-electron chi connectivity index (χ2n) is 4.85. The minimum Gasteiger partial charge on any atom is -0.480 e. The molecule has 5 heteroatoms. The number of carbonyl (C=O) groups is 1. The van der Waals surface area contributed by atoms with Gasteiger partial charge in [0, 0.05) is 20.1 Å². The molecule has 1 aromatic heterocycles. The first-order valence-corrected chi connectivity index (χ1v) is 6.50. The highest BCUT2D eigenvalue weighted by Gasteiger charge is 2.18. The van der Waals surface area contributed by atoms with Crippen molar-refractivity contribution in [2.24, 2.45) is 7.05 Å². The summed E-state index contributed by atoms with van der Waals surface area (Å²) in [5, 5.41) is 4.27. The topological polar surface area (TPSA) is 47.4 Å². The third-order valence-corrected chi connectivity index (χ3v) is 3.49. The molecule has 0 spiro atoms. The van der Waals surface area contributed by atoms with Crippen molar-refractivity contribution in [3.05, 3.63) is 11.4 Å². The SMILES string of the molecule is Cc1nn(C)c(C)c1OCC(=O)N1CCCCC1. The van der Waals surface area contributed by atoms with Gasteiger partial charge in [0.25, 0.3) is 5.91 Å². The van der Waals surface area contributed by atoms with Gasteiger partial charge in [-0.05, 0) is 33.1 Å². The smallest absolute Gasteiger partial charge is 0.260 e. The first kappa shape index (κ1) is 12.9. The van der Waals surface area contributed by atoms with Gasteiger partial charge in [-0.1, -0.05) is 0 Å². The van der Waals surface area contributed by atoms with Crippen LogP contribution in [0.2, 0.25) is 0 Å². The molecule has 0 unspecified atom stereocenters. The number of nitrogens with zero attached hydrogens (tertiary/aromatic N) is 3. The zero-order valence-electron chi connectivity index (χ0n) is 11.4. The van der Waals surface area contributed by atoms with Crippen molar-refractivity contribution in [2.45, 2.75) is 33.1 Å². The van der Waals surface area contributed by atoms with E-state index in [2.05, 4.69) is 5.10 Å². The Morgan fingerprint density at radius 2 is 1.94 bits per heavy atom. The molecule has 1 saturated heterocycles. The fraction of sp³-hybridized carbons (Fsp3) is 0.692. The van der Waals surface area contributed by atoms with Crippen LogP contribution in [-0.4, -0.2) is 40.3 Å². The van der Waals surface area contributed by atoms with E-state index in [1.807, 2.05) is 25.8 Å². The molecule has 2 rings (SSSR count). The number of carbonyl (C=O) groups excluding carboxylic acids is 1. The molecule has 2 heterocycles. The zero-order valence-corrected chi connectivity index (χ0v) is 11.4. The summed E-state index contributed by atoms with van der Waals surface area (Å²) in [7, 11) is 1.88. The summed E-state index contributed by atoms with van der Waals surface area (Å²) in [6.45, 7) is 5.70. The van der Waals surface area contributed by atoms with Crippen LogP contribution in [0.25, 0.3) is 0 Å². The van der Waals surface area contributed by atoms with E-state index in [1.165, 1.54) is 6.42 Å². The standard InChI is InChI=1S/C13H21N3O2/c1-10-13(11(2)15(3)14-10)18-9-12(17)16-7-5-4-6-8-16/h4-9H2,1-3H3. The molecule has 1 fully saturated rings. The maximum Gasteiger partial charge on any atom is 0.260 e. The largest absolute Gasteiger partial charge is 0.480 e. The molecular weight excluding hydrogens is 230 g/mol. The van der Waals surface area contributed by atoms with E-state index in [-0.39, 0.29) is 12.5 Å². The minimum absolute atomic E-state index is 0.0809. The summed E-state index contributed by atoms with van der Waals surface area (Å²) in [5.41, 5.74) is 1.79. The molecule has 0 saturated carbocycles. The van der Waals surface area contributed by atoms with Gasteiger partial charge in [0.1, 0.15) is 5.69 Å². The second kappa shape index (κ2) is 5.42. The van der Waals surface area contributed by atoms with Crippen LogP contribution < -0.4 is 4.74 Å². The van der Waals surface area contributed by atoms with Crippen LogP contribution in [0.3, 0.4) is 0 Å². The lowest BCUT2D eigenvalue weighted by Crippen LogP contribution is -2.38. The fourth-order valence-corrected chi connectivity index (χ4v) is 2.33. The summed E-state index contributed by atoms with van der Waals surface area (Å²) in [6.07, 6.45) is 3.44. The first-order valence-electron chi connectivity index (χ1n) is 6.50. The number of amides is 1. The van der Waals surface area contributed by atoms with E-state index < -0.39 is 0 Å². The molecule has 18 heavy (non-hydrogen) atoms. The van der Waals surface area contributed by atoms with E-state index in [4.69, 9.17) is 4.74 Å². The number of hydrogen-bond donors (Lipinski definition) is 0. The predicted molar refractivity (Wildman–Crippen MR) is 68.6 cm³/mol.